The third kappa shape index (κ3) is 4.48. The number of nitrogens with one attached hydrogen (secondary N) is 1. The van der Waals surface area contributed by atoms with Crippen molar-refractivity contribution in [1.29, 1.82) is 0 Å². The van der Waals surface area contributed by atoms with Crippen molar-refractivity contribution in [2.24, 2.45) is 0 Å². The van der Waals surface area contributed by atoms with Crippen molar-refractivity contribution in [2.75, 3.05) is 25.0 Å². The van der Waals surface area contributed by atoms with Gasteiger partial charge in [-0.3, -0.25) is 14.9 Å². The topological polar surface area (TPSA) is 75.5 Å². The molecule has 0 spiro atoms. The molecule has 0 saturated heterocycles. The Balaban J connectivity index is 2.54. The van der Waals surface area contributed by atoms with Gasteiger partial charge in [-0.2, -0.15) is 0 Å². The van der Waals surface area contributed by atoms with E-state index in [1.807, 2.05) is 13.8 Å². The number of hydrogen-bond acceptors (Lipinski definition) is 4. The summed E-state index contributed by atoms with van der Waals surface area (Å²) in [7, 11) is 0. The van der Waals surface area contributed by atoms with Crippen LogP contribution in [0.4, 0.5) is 11.4 Å². The highest BCUT2D eigenvalue weighted by Gasteiger charge is 2.11. The van der Waals surface area contributed by atoms with Gasteiger partial charge in [0.1, 0.15) is 0 Å². The van der Waals surface area contributed by atoms with E-state index in [-0.39, 0.29) is 11.6 Å². The van der Waals surface area contributed by atoms with Gasteiger partial charge in [0.2, 0.25) is 5.91 Å². The molecule has 0 saturated carbocycles. The molecule has 0 aliphatic carbocycles. The SMILES string of the molecule is CCN(CC)C(=O)CCNc1ccc([N+](=O)[O-])cc1Br. The quantitative estimate of drug-likeness (QED) is 0.609. The van der Waals surface area contributed by atoms with E-state index in [9.17, 15) is 14.9 Å². The van der Waals surface area contributed by atoms with Crippen molar-refractivity contribution in [3.8, 4) is 0 Å². The van der Waals surface area contributed by atoms with Gasteiger partial charge in [-0.1, -0.05) is 0 Å². The minimum atomic E-state index is -0.446. The molecule has 0 fully saturated rings. The smallest absolute Gasteiger partial charge is 0.270 e. The zero-order valence-corrected chi connectivity index (χ0v) is 13.1. The molecule has 1 aromatic carbocycles. The first-order chi connectivity index (χ1) is 9.49. The van der Waals surface area contributed by atoms with E-state index in [0.29, 0.717) is 30.5 Å². The number of nitrogens with zero attached hydrogens (tertiary/aromatic N) is 2. The second kappa shape index (κ2) is 7.84. The average Bonchev–Trinajstić information content (AvgIpc) is 2.41. The maximum atomic E-state index is 11.8. The molecular weight excluding hydrogens is 326 g/mol. The van der Waals surface area contributed by atoms with E-state index < -0.39 is 4.92 Å². The number of hydrogen-bond donors (Lipinski definition) is 1. The molecule has 0 radical (unpaired) electrons. The Kier molecular flexibility index (Phi) is 6.44. The number of rotatable bonds is 7. The highest BCUT2D eigenvalue weighted by Crippen LogP contribution is 2.26. The van der Waals surface area contributed by atoms with Crippen LogP contribution in [-0.4, -0.2) is 35.4 Å². The van der Waals surface area contributed by atoms with Crippen LogP contribution in [0.1, 0.15) is 20.3 Å². The van der Waals surface area contributed by atoms with Gasteiger partial charge in [0.05, 0.1) is 4.92 Å². The van der Waals surface area contributed by atoms with Gasteiger partial charge in [0, 0.05) is 48.3 Å². The predicted octanol–water partition coefficient (Wildman–Crippen LogP) is 3.03. The Morgan fingerprint density at radius 3 is 2.55 bits per heavy atom. The monoisotopic (exact) mass is 343 g/mol. The van der Waals surface area contributed by atoms with Gasteiger partial charge in [-0.15, -0.1) is 0 Å². The number of amides is 1. The lowest BCUT2D eigenvalue weighted by atomic mass is 10.2. The molecule has 1 N–H and O–H groups in total. The van der Waals surface area contributed by atoms with Crippen LogP contribution < -0.4 is 5.32 Å². The summed E-state index contributed by atoms with van der Waals surface area (Å²) in [6, 6.07) is 4.50. The first-order valence-corrected chi connectivity index (χ1v) is 7.24. The lowest BCUT2D eigenvalue weighted by molar-refractivity contribution is -0.384. The van der Waals surface area contributed by atoms with E-state index in [4.69, 9.17) is 0 Å². The second-order valence-corrected chi connectivity index (χ2v) is 5.02. The summed E-state index contributed by atoms with van der Waals surface area (Å²) >= 11 is 3.28. The van der Waals surface area contributed by atoms with Crippen LogP contribution in [0.2, 0.25) is 0 Å². The molecule has 0 atom stereocenters. The Labute approximate surface area is 126 Å². The van der Waals surface area contributed by atoms with Crippen molar-refractivity contribution in [2.45, 2.75) is 20.3 Å². The van der Waals surface area contributed by atoms with Crippen LogP contribution in [0.3, 0.4) is 0 Å². The number of carbonyl (C=O) groups is 1. The molecule has 110 valence electrons. The van der Waals surface area contributed by atoms with Crippen molar-refractivity contribution in [3.63, 3.8) is 0 Å². The Morgan fingerprint density at radius 1 is 1.40 bits per heavy atom. The minimum Gasteiger partial charge on any atom is -0.384 e. The molecule has 1 amide bonds. The van der Waals surface area contributed by atoms with Crippen molar-refractivity contribution in [3.05, 3.63) is 32.8 Å². The van der Waals surface area contributed by atoms with Crippen molar-refractivity contribution < 1.29 is 9.72 Å². The Morgan fingerprint density at radius 2 is 2.05 bits per heavy atom. The van der Waals surface area contributed by atoms with E-state index in [1.54, 1.807) is 11.0 Å². The molecule has 0 aromatic heterocycles. The molecule has 0 bridgehead atoms. The molecule has 0 heterocycles. The van der Waals surface area contributed by atoms with Crippen LogP contribution in [-0.2, 0) is 4.79 Å². The number of nitro benzene ring substituents is 1. The number of nitro groups is 1. The van der Waals surface area contributed by atoms with Gasteiger partial charge in [-0.05, 0) is 35.8 Å². The molecule has 0 aliphatic rings. The summed E-state index contributed by atoms with van der Waals surface area (Å²) in [6.45, 7) is 5.79. The summed E-state index contributed by atoms with van der Waals surface area (Å²) in [6.07, 6.45) is 0.394. The lowest BCUT2D eigenvalue weighted by Gasteiger charge is -2.18. The van der Waals surface area contributed by atoms with Crippen LogP contribution in [0.5, 0.6) is 0 Å². The lowest BCUT2D eigenvalue weighted by Crippen LogP contribution is -2.31. The highest BCUT2D eigenvalue weighted by molar-refractivity contribution is 9.10. The second-order valence-electron chi connectivity index (χ2n) is 4.16. The van der Waals surface area contributed by atoms with Crippen molar-refractivity contribution in [1.82, 2.24) is 4.90 Å². The summed E-state index contributed by atoms with van der Waals surface area (Å²) in [5.74, 6) is 0.0977. The van der Waals surface area contributed by atoms with Gasteiger partial charge >= 0.3 is 0 Å². The van der Waals surface area contributed by atoms with Gasteiger partial charge in [-0.25, -0.2) is 0 Å². The Bertz CT molecular complexity index is 490. The maximum Gasteiger partial charge on any atom is 0.270 e. The largest absolute Gasteiger partial charge is 0.384 e. The third-order valence-electron chi connectivity index (χ3n) is 2.93. The first kappa shape index (κ1) is 16.4. The molecule has 1 rings (SSSR count). The third-order valence-corrected chi connectivity index (χ3v) is 3.59. The highest BCUT2D eigenvalue weighted by atomic mass is 79.9. The summed E-state index contributed by atoms with van der Waals surface area (Å²) in [5.41, 5.74) is 0.768. The van der Waals surface area contributed by atoms with E-state index in [0.717, 1.165) is 5.69 Å². The molecular formula is C13H18BrN3O3. The number of halogens is 1. The van der Waals surface area contributed by atoms with Gasteiger partial charge in [0.25, 0.3) is 5.69 Å². The zero-order chi connectivity index (χ0) is 15.1. The van der Waals surface area contributed by atoms with Gasteiger partial charge < -0.3 is 10.2 Å². The minimum absolute atomic E-state index is 0.0293. The number of benzene rings is 1. The summed E-state index contributed by atoms with van der Waals surface area (Å²) < 4.78 is 0.613. The normalized spacial score (nSPS) is 10.2. The number of carbonyl (C=O) groups excluding carboxylic acids is 1. The fourth-order valence-corrected chi connectivity index (χ4v) is 2.31. The zero-order valence-electron chi connectivity index (χ0n) is 11.6. The molecule has 20 heavy (non-hydrogen) atoms. The number of non-ortho nitro benzene ring substituents is 1. The molecule has 6 nitrogen and oxygen atoms in total. The average molecular weight is 344 g/mol. The molecule has 0 unspecified atom stereocenters. The summed E-state index contributed by atoms with van der Waals surface area (Å²) in [5, 5.41) is 13.7. The standard InChI is InChI=1S/C13H18BrN3O3/c1-3-16(4-2)13(18)7-8-15-12-6-5-10(17(19)20)9-11(12)14/h5-6,9,15H,3-4,7-8H2,1-2H3. The van der Waals surface area contributed by atoms with E-state index in [2.05, 4.69) is 21.2 Å². The van der Waals surface area contributed by atoms with Gasteiger partial charge in [0.15, 0.2) is 0 Å². The maximum absolute atomic E-state index is 11.8. The fourth-order valence-electron chi connectivity index (χ4n) is 1.80. The van der Waals surface area contributed by atoms with Crippen LogP contribution >= 0.6 is 15.9 Å². The predicted molar refractivity (Wildman–Crippen MR) is 81.8 cm³/mol. The van der Waals surface area contributed by atoms with Crippen LogP contribution in [0.25, 0.3) is 0 Å². The van der Waals surface area contributed by atoms with Crippen molar-refractivity contribution >= 4 is 33.2 Å². The molecule has 1 aromatic rings. The molecule has 7 heteroatoms. The molecule has 0 aliphatic heterocycles. The first-order valence-electron chi connectivity index (χ1n) is 6.45. The fraction of sp³-hybridized carbons (Fsp3) is 0.462. The van der Waals surface area contributed by atoms with Crippen LogP contribution in [0, 0.1) is 10.1 Å². The summed E-state index contributed by atoms with van der Waals surface area (Å²) in [4.78, 5) is 23.8. The number of anilines is 1. The van der Waals surface area contributed by atoms with Crippen LogP contribution in [0.15, 0.2) is 22.7 Å². The Hall–Kier alpha value is -1.63. The van der Waals surface area contributed by atoms with E-state index >= 15 is 0 Å². The van der Waals surface area contributed by atoms with E-state index in [1.165, 1.54) is 12.1 Å².